The molecule has 1 aliphatic carbocycles. The summed E-state index contributed by atoms with van der Waals surface area (Å²) in [5.41, 5.74) is 0. The van der Waals surface area contributed by atoms with Crippen molar-refractivity contribution in [1.29, 1.82) is 0 Å². The summed E-state index contributed by atoms with van der Waals surface area (Å²) in [5, 5.41) is 0.875. The summed E-state index contributed by atoms with van der Waals surface area (Å²) in [5.74, 6) is 0.634. The fraction of sp³-hybridized carbons (Fsp3) is 0.750. The van der Waals surface area contributed by atoms with Gasteiger partial charge in [0, 0.05) is 17.9 Å². The van der Waals surface area contributed by atoms with Crippen molar-refractivity contribution in [3.8, 4) is 12.0 Å². The van der Waals surface area contributed by atoms with Crippen LogP contribution in [-0.2, 0) is 0 Å². The highest BCUT2D eigenvalue weighted by atomic mass is 79.9. The predicted octanol–water partition coefficient (Wildman–Crippen LogP) is 2.03. The molecule has 0 aliphatic heterocycles. The lowest BCUT2D eigenvalue weighted by molar-refractivity contribution is 0.339. The fourth-order valence-electron chi connectivity index (χ4n) is 2.39. The molecule has 106 valence electrons. The minimum Gasteiger partial charge on any atom is -0.467 e. The molecular formula is C12H19BrN4O2. The van der Waals surface area contributed by atoms with E-state index < -0.39 is 0 Å². The van der Waals surface area contributed by atoms with Crippen molar-refractivity contribution in [2.75, 3.05) is 31.0 Å². The number of methoxy groups -OCH3 is 2. The van der Waals surface area contributed by atoms with Crippen LogP contribution in [0.25, 0.3) is 0 Å². The molecule has 7 heteroatoms. The van der Waals surface area contributed by atoms with Gasteiger partial charge >= 0.3 is 12.0 Å². The fourth-order valence-corrected chi connectivity index (χ4v) is 2.77. The molecule has 0 N–H and O–H groups in total. The third-order valence-corrected chi connectivity index (χ3v) is 3.65. The van der Waals surface area contributed by atoms with Gasteiger partial charge in [-0.1, -0.05) is 28.8 Å². The first-order chi connectivity index (χ1) is 9.28. The molecule has 0 saturated heterocycles. The largest absolute Gasteiger partial charge is 0.467 e. The molecule has 2 rings (SSSR count). The van der Waals surface area contributed by atoms with Crippen molar-refractivity contribution in [2.24, 2.45) is 0 Å². The molecule has 0 aromatic carbocycles. The molecule has 0 atom stereocenters. The lowest BCUT2D eigenvalue weighted by atomic mass is 10.2. The van der Waals surface area contributed by atoms with E-state index in [1.54, 1.807) is 14.2 Å². The first-order valence-electron chi connectivity index (χ1n) is 6.45. The van der Waals surface area contributed by atoms with Crippen molar-refractivity contribution >= 4 is 21.9 Å². The number of nitrogens with zero attached hydrogens (tertiary/aromatic N) is 4. The molecule has 6 nitrogen and oxygen atoms in total. The first-order valence-corrected chi connectivity index (χ1v) is 7.57. The zero-order chi connectivity index (χ0) is 13.7. The van der Waals surface area contributed by atoms with E-state index in [0.717, 1.165) is 11.9 Å². The SMILES string of the molecule is COc1nc(OC)nc(N(CCBr)C2CCCC2)n1. The molecule has 0 amide bonds. The Morgan fingerprint density at radius 1 is 1.11 bits per heavy atom. The number of hydrogen-bond donors (Lipinski definition) is 0. The number of alkyl halides is 1. The van der Waals surface area contributed by atoms with E-state index in [0.29, 0.717) is 24.0 Å². The van der Waals surface area contributed by atoms with Crippen LogP contribution in [0.15, 0.2) is 0 Å². The number of hydrogen-bond acceptors (Lipinski definition) is 6. The van der Waals surface area contributed by atoms with Crippen molar-refractivity contribution in [3.05, 3.63) is 0 Å². The first kappa shape index (κ1) is 14.3. The van der Waals surface area contributed by atoms with Crippen LogP contribution in [0.5, 0.6) is 12.0 Å². The van der Waals surface area contributed by atoms with Gasteiger partial charge in [-0.2, -0.15) is 9.97 Å². The molecule has 0 bridgehead atoms. The highest BCUT2D eigenvalue weighted by Gasteiger charge is 2.25. The lowest BCUT2D eigenvalue weighted by Gasteiger charge is -2.28. The molecule has 1 aliphatic rings. The van der Waals surface area contributed by atoms with E-state index in [9.17, 15) is 0 Å². The second kappa shape index (κ2) is 6.88. The third-order valence-electron chi connectivity index (χ3n) is 3.30. The minimum atomic E-state index is 0.291. The second-order valence-corrected chi connectivity index (χ2v) is 5.22. The lowest BCUT2D eigenvalue weighted by Crippen LogP contribution is -2.36. The molecule has 0 radical (unpaired) electrons. The molecule has 1 aromatic heterocycles. The maximum absolute atomic E-state index is 5.11. The minimum absolute atomic E-state index is 0.291. The van der Waals surface area contributed by atoms with Crippen molar-refractivity contribution < 1.29 is 9.47 Å². The van der Waals surface area contributed by atoms with Crippen LogP contribution in [-0.4, -0.2) is 47.1 Å². The third kappa shape index (κ3) is 3.46. The number of rotatable bonds is 6. The molecule has 0 unspecified atom stereocenters. The van der Waals surface area contributed by atoms with Crippen LogP contribution in [0.2, 0.25) is 0 Å². The highest BCUT2D eigenvalue weighted by molar-refractivity contribution is 9.09. The van der Waals surface area contributed by atoms with Crippen molar-refractivity contribution in [1.82, 2.24) is 15.0 Å². The van der Waals surface area contributed by atoms with Crippen LogP contribution in [0.3, 0.4) is 0 Å². The van der Waals surface area contributed by atoms with E-state index in [1.807, 2.05) is 0 Å². The molecule has 1 fully saturated rings. The molecular weight excluding hydrogens is 312 g/mol. The Balaban J connectivity index is 2.28. The molecule has 19 heavy (non-hydrogen) atoms. The Morgan fingerprint density at radius 2 is 1.68 bits per heavy atom. The van der Waals surface area contributed by atoms with Crippen LogP contribution in [0, 0.1) is 0 Å². The maximum atomic E-state index is 5.11. The summed E-state index contributed by atoms with van der Waals surface area (Å²) in [6.07, 6.45) is 4.90. The highest BCUT2D eigenvalue weighted by Crippen LogP contribution is 2.27. The van der Waals surface area contributed by atoms with Gasteiger partial charge in [-0.25, -0.2) is 0 Å². The monoisotopic (exact) mass is 330 g/mol. The average Bonchev–Trinajstić information content (AvgIpc) is 2.97. The van der Waals surface area contributed by atoms with Gasteiger partial charge in [-0.3, -0.25) is 0 Å². The summed E-state index contributed by atoms with van der Waals surface area (Å²) >= 11 is 3.49. The van der Waals surface area contributed by atoms with Crippen LogP contribution in [0.4, 0.5) is 5.95 Å². The smallest absolute Gasteiger partial charge is 0.324 e. The second-order valence-electron chi connectivity index (χ2n) is 4.43. The summed E-state index contributed by atoms with van der Waals surface area (Å²) in [6, 6.07) is 1.08. The molecule has 0 spiro atoms. The van der Waals surface area contributed by atoms with Gasteiger partial charge in [0.25, 0.3) is 0 Å². The van der Waals surface area contributed by atoms with Crippen LogP contribution >= 0.6 is 15.9 Å². The average molecular weight is 331 g/mol. The summed E-state index contributed by atoms with van der Waals surface area (Å²) in [6.45, 7) is 0.862. The molecule has 1 heterocycles. The number of anilines is 1. The maximum Gasteiger partial charge on any atom is 0.324 e. The number of ether oxygens (including phenoxy) is 2. The van der Waals surface area contributed by atoms with E-state index in [4.69, 9.17) is 9.47 Å². The van der Waals surface area contributed by atoms with E-state index in [1.165, 1.54) is 25.7 Å². The van der Waals surface area contributed by atoms with Crippen molar-refractivity contribution in [3.63, 3.8) is 0 Å². The van der Waals surface area contributed by atoms with Gasteiger partial charge in [0.15, 0.2) is 0 Å². The number of halogens is 1. The Morgan fingerprint density at radius 3 is 2.16 bits per heavy atom. The summed E-state index contributed by atoms with van der Waals surface area (Å²) in [4.78, 5) is 14.9. The Kier molecular flexibility index (Phi) is 5.18. The van der Waals surface area contributed by atoms with E-state index in [-0.39, 0.29) is 0 Å². The van der Waals surface area contributed by atoms with Crippen LogP contribution in [0.1, 0.15) is 25.7 Å². The number of aromatic nitrogens is 3. The van der Waals surface area contributed by atoms with Crippen molar-refractivity contribution in [2.45, 2.75) is 31.7 Å². The predicted molar refractivity (Wildman–Crippen MR) is 76.3 cm³/mol. The molecule has 1 saturated carbocycles. The van der Waals surface area contributed by atoms with Crippen LogP contribution < -0.4 is 14.4 Å². The van der Waals surface area contributed by atoms with E-state index >= 15 is 0 Å². The van der Waals surface area contributed by atoms with Gasteiger partial charge in [-0.05, 0) is 12.8 Å². The standard InChI is InChI=1S/C12H19BrN4O2/c1-18-11-14-10(15-12(16-11)19-2)17(8-7-13)9-5-3-4-6-9/h9H,3-8H2,1-2H3. The van der Waals surface area contributed by atoms with E-state index in [2.05, 4.69) is 35.8 Å². The normalized spacial score (nSPS) is 15.5. The van der Waals surface area contributed by atoms with Gasteiger partial charge in [0.2, 0.25) is 5.95 Å². The Labute approximate surface area is 121 Å². The Hall–Kier alpha value is -1.11. The molecule has 1 aromatic rings. The zero-order valence-corrected chi connectivity index (χ0v) is 12.9. The zero-order valence-electron chi connectivity index (χ0n) is 11.3. The van der Waals surface area contributed by atoms with Gasteiger partial charge < -0.3 is 14.4 Å². The topological polar surface area (TPSA) is 60.4 Å². The summed E-state index contributed by atoms with van der Waals surface area (Å²) < 4.78 is 10.2. The Bertz CT molecular complexity index is 390. The quantitative estimate of drug-likeness (QED) is 0.744. The summed E-state index contributed by atoms with van der Waals surface area (Å²) in [7, 11) is 3.09. The van der Waals surface area contributed by atoms with Gasteiger partial charge in [-0.15, -0.1) is 4.98 Å². The van der Waals surface area contributed by atoms with Gasteiger partial charge in [0.05, 0.1) is 14.2 Å². The van der Waals surface area contributed by atoms with Gasteiger partial charge in [0.1, 0.15) is 0 Å².